The molecule has 0 aliphatic rings. The third-order valence-electron chi connectivity index (χ3n) is 2.46. The van der Waals surface area contributed by atoms with Gasteiger partial charge in [0.05, 0.1) is 7.11 Å². The smallest absolute Gasteiger partial charge is 0.244 e. The maximum atomic E-state index is 11.0. The van der Waals surface area contributed by atoms with Crippen LogP contribution >= 0.6 is 0 Å². The summed E-state index contributed by atoms with van der Waals surface area (Å²) in [7, 11) is 1.62. The second-order valence-electron chi connectivity index (χ2n) is 3.34. The van der Waals surface area contributed by atoms with Gasteiger partial charge in [0.25, 0.3) is 0 Å². The molecule has 80 valence electrons. The fraction of sp³-hybridized carbons (Fsp3) is 0.250. The van der Waals surface area contributed by atoms with Gasteiger partial charge >= 0.3 is 0 Å². The number of amides is 1. The highest BCUT2D eigenvalue weighted by Gasteiger charge is 2.05. The van der Waals surface area contributed by atoms with Crippen molar-refractivity contribution < 1.29 is 9.53 Å². The van der Waals surface area contributed by atoms with Crippen LogP contribution in [-0.4, -0.2) is 13.0 Å². The molecule has 1 aromatic carbocycles. The van der Waals surface area contributed by atoms with E-state index in [1.54, 1.807) is 14.0 Å². The summed E-state index contributed by atoms with van der Waals surface area (Å²) in [6.45, 7) is 3.60. The van der Waals surface area contributed by atoms with Crippen molar-refractivity contribution in [3.05, 3.63) is 35.4 Å². The Morgan fingerprint density at radius 3 is 2.13 bits per heavy atom. The van der Waals surface area contributed by atoms with Crippen LogP contribution < -0.4 is 10.5 Å². The molecule has 0 aliphatic heterocycles. The van der Waals surface area contributed by atoms with Gasteiger partial charge in [0, 0.05) is 5.57 Å². The van der Waals surface area contributed by atoms with E-state index in [4.69, 9.17) is 10.5 Å². The second-order valence-corrected chi connectivity index (χ2v) is 3.34. The SMILES string of the molecule is COc1ccc(C(C)=C(C)C(N)=O)cc1. The van der Waals surface area contributed by atoms with E-state index in [2.05, 4.69) is 0 Å². The molecule has 0 saturated carbocycles. The molecule has 0 aliphatic carbocycles. The van der Waals surface area contributed by atoms with Gasteiger partial charge < -0.3 is 10.5 Å². The molecule has 0 fully saturated rings. The van der Waals surface area contributed by atoms with E-state index in [0.717, 1.165) is 16.9 Å². The van der Waals surface area contributed by atoms with Gasteiger partial charge in [-0.05, 0) is 37.1 Å². The van der Waals surface area contributed by atoms with Gasteiger partial charge in [-0.25, -0.2) is 0 Å². The first-order chi connectivity index (χ1) is 7.06. The van der Waals surface area contributed by atoms with E-state index in [9.17, 15) is 4.79 Å². The minimum atomic E-state index is -0.386. The van der Waals surface area contributed by atoms with E-state index in [1.165, 1.54) is 0 Å². The lowest BCUT2D eigenvalue weighted by Gasteiger charge is -2.06. The molecule has 3 heteroatoms. The van der Waals surface area contributed by atoms with Crippen LogP contribution in [0, 0.1) is 0 Å². The highest BCUT2D eigenvalue weighted by Crippen LogP contribution is 2.20. The van der Waals surface area contributed by atoms with Crippen LogP contribution in [-0.2, 0) is 4.79 Å². The highest BCUT2D eigenvalue weighted by molar-refractivity contribution is 5.99. The summed E-state index contributed by atoms with van der Waals surface area (Å²) < 4.78 is 5.05. The number of carbonyl (C=O) groups is 1. The van der Waals surface area contributed by atoms with Gasteiger partial charge in [-0.2, -0.15) is 0 Å². The molecule has 1 amide bonds. The van der Waals surface area contributed by atoms with E-state index >= 15 is 0 Å². The molecule has 0 unspecified atom stereocenters. The number of primary amides is 1. The number of nitrogens with two attached hydrogens (primary N) is 1. The van der Waals surface area contributed by atoms with Gasteiger partial charge in [0.1, 0.15) is 5.75 Å². The molecule has 0 aromatic heterocycles. The number of methoxy groups -OCH3 is 1. The standard InChI is InChI=1S/C12H15NO2/c1-8(9(2)12(13)14)10-4-6-11(15-3)7-5-10/h4-7H,1-3H3,(H2,13,14). The van der Waals surface area contributed by atoms with Crippen molar-refractivity contribution >= 4 is 11.5 Å². The summed E-state index contributed by atoms with van der Waals surface area (Å²) in [5.41, 5.74) is 7.66. The topological polar surface area (TPSA) is 52.3 Å². The monoisotopic (exact) mass is 205 g/mol. The number of benzene rings is 1. The fourth-order valence-electron chi connectivity index (χ4n) is 1.24. The Morgan fingerprint density at radius 1 is 1.20 bits per heavy atom. The van der Waals surface area contributed by atoms with E-state index in [1.807, 2.05) is 31.2 Å². The summed E-state index contributed by atoms with van der Waals surface area (Å²) >= 11 is 0. The highest BCUT2D eigenvalue weighted by atomic mass is 16.5. The average molecular weight is 205 g/mol. The first kappa shape index (κ1) is 11.3. The normalized spacial score (nSPS) is 11.9. The molecule has 0 heterocycles. The number of hydrogen-bond donors (Lipinski definition) is 1. The van der Waals surface area contributed by atoms with Gasteiger partial charge in [-0.3, -0.25) is 4.79 Å². The molecule has 0 saturated heterocycles. The Kier molecular flexibility index (Phi) is 3.50. The third kappa shape index (κ3) is 2.59. The first-order valence-corrected chi connectivity index (χ1v) is 4.68. The Morgan fingerprint density at radius 2 is 1.73 bits per heavy atom. The van der Waals surface area contributed by atoms with Crippen molar-refractivity contribution in [1.82, 2.24) is 0 Å². The molecule has 1 rings (SSSR count). The van der Waals surface area contributed by atoms with Crippen molar-refractivity contribution in [3.63, 3.8) is 0 Å². The Bertz CT molecular complexity index is 391. The number of carbonyl (C=O) groups excluding carboxylic acids is 1. The predicted octanol–water partition coefficient (Wildman–Crippen LogP) is 1.97. The van der Waals surface area contributed by atoms with E-state index in [-0.39, 0.29) is 5.91 Å². The maximum Gasteiger partial charge on any atom is 0.244 e. The zero-order valence-corrected chi connectivity index (χ0v) is 9.20. The molecular formula is C12H15NO2. The Labute approximate surface area is 89.5 Å². The van der Waals surface area contributed by atoms with Gasteiger partial charge in [-0.15, -0.1) is 0 Å². The largest absolute Gasteiger partial charge is 0.497 e. The van der Waals surface area contributed by atoms with E-state index < -0.39 is 0 Å². The number of hydrogen-bond acceptors (Lipinski definition) is 2. The minimum Gasteiger partial charge on any atom is -0.497 e. The van der Waals surface area contributed by atoms with Gasteiger partial charge in [-0.1, -0.05) is 12.1 Å². The molecule has 0 radical (unpaired) electrons. The lowest BCUT2D eigenvalue weighted by molar-refractivity contribution is -0.114. The molecular weight excluding hydrogens is 190 g/mol. The summed E-state index contributed by atoms with van der Waals surface area (Å²) in [6, 6.07) is 7.52. The van der Waals surface area contributed by atoms with Crippen LogP contribution in [0.5, 0.6) is 5.75 Å². The van der Waals surface area contributed by atoms with Crippen molar-refractivity contribution in [2.45, 2.75) is 13.8 Å². The summed E-state index contributed by atoms with van der Waals surface area (Å²) in [5, 5.41) is 0. The summed E-state index contributed by atoms with van der Waals surface area (Å²) in [6.07, 6.45) is 0. The molecule has 3 nitrogen and oxygen atoms in total. The number of allylic oxidation sites excluding steroid dienone is 1. The zero-order valence-electron chi connectivity index (χ0n) is 9.20. The van der Waals surface area contributed by atoms with Crippen molar-refractivity contribution in [3.8, 4) is 5.75 Å². The van der Waals surface area contributed by atoms with E-state index in [0.29, 0.717) is 5.57 Å². The summed E-state index contributed by atoms with van der Waals surface area (Å²) in [5.74, 6) is 0.409. The van der Waals surface area contributed by atoms with Crippen LogP contribution in [0.3, 0.4) is 0 Å². The predicted molar refractivity (Wildman–Crippen MR) is 60.5 cm³/mol. The molecule has 0 bridgehead atoms. The first-order valence-electron chi connectivity index (χ1n) is 4.68. The molecule has 1 aromatic rings. The maximum absolute atomic E-state index is 11.0. The fourth-order valence-corrected chi connectivity index (χ4v) is 1.24. The quantitative estimate of drug-likeness (QED) is 0.767. The zero-order chi connectivity index (χ0) is 11.4. The van der Waals surface area contributed by atoms with Crippen LogP contribution in [0.15, 0.2) is 29.8 Å². The molecule has 2 N–H and O–H groups in total. The van der Waals surface area contributed by atoms with Crippen molar-refractivity contribution in [2.75, 3.05) is 7.11 Å². The molecule has 0 spiro atoms. The van der Waals surface area contributed by atoms with Gasteiger partial charge in [0.15, 0.2) is 0 Å². The Balaban J connectivity index is 3.07. The van der Waals surface area contributed by atoms with Crippen LogP contribution in [0.25, 0.3) is 5.57 Å². The summed E-state index contributed by atoms with van der Waals surface area (Å²) in [4.78, 5) is 11.0. The van der Waals surface area contributed by atoms with Crippen LogP contribution in [0.1, 0.15) is 19.4 Å². The number of ether oxygens (including phenoxy) is 1. The van der Waals surface area contributed by atoms with Gasteiger partial charge in [0.2, 0.25) is 5.91 Å². The minimum absolute atomic E-state index is 0.386. The average Bonchev–Trinajstić information content (AvgIpc) is 2.27. The van der Waals surface area contributed by atoms with Crippen molar-refractivity contribution in [2.24, 2.45) is 5.73 Å². The molecule has 0 atom stereocenters. The van der Waals surface area contributed by atoms with Crippen molar-refractivity contribution in [1.29, 1.82) is 0 Å². The van der Waals surface area contributed by atoms with Crippen LogP contribution in [0.4, 0.5) is 0 Å². The van der Waals surface area contributed by atoms with Crippen LogP contribution in [0.2, 0.25) is 0 Å². The lowest BCUT2D eigenvalue weighted by Crippen LogP contribution is -2.12. The molecule has 15 heavy (non-hydrogen) atoms. The number of rotatable bonds is 3. The lowest BCUT2D eigenvalue weighted by atomic mass is 10.0. The Hall–Kier alpha value is -1.77. The second kappa shape index (κ2) is 4.64. The third-order valence-corrected chi connectivity index (χ3v) is 2.46.